The second-order valence-corrected chi connectivity index (χ2v) is 5.53. The van der Waals surface area contributed by atoms with Crippen LogP contribution in [0.25, 0.3) is 5.65 Å². The van der Waals surface area contributed by atoms with Crippen molar-refractivity contribution in [3.63, 3.8) is 0 Å². The van der Waals surface area contributed by atoms with E-state index in [0.717, 1.165) is 5.56 Å². The first-order valence-corrected chi connectivity index (χ1v) is 7.54. The maximum atomic E-state index is 12.6. The molecule has 0 bridgehead atoms. The highest BCUT2D eigenvalue weighted by atomic mass is 35.5. The maximum absolute atomic E-state index is 12.6. The molecular weight excluding hydrogens is 330 g/mol. The van der Waals surface area contributed by atoms with E-state index in [1.807, 2.05) is 12.1 Å². The standard InChI is InChI=1S/C17H14ClN3O3/c1-24-17(23)12-4-7-15-20-9-14(16(22)21(15)10-12)19-8-11-2-5-13(18)6-3-11/h2-7,9-10,19H,8H2,1H3. The molecule has 0 spiro atoms. The molecule has 0 aliphatic heterocycles. The Hall–Kier alpha value is -2.86. The second kappa shape index (κ2) is 6.72. The van der Waals surface area contributed by atoms with Gasteiger partial charge < -0.3 is 10.1 Å². The monoisotopic (exact) mass is 343 g/mol. The Balaban J connectivity index is 1.91. The summed E-state index contributed by atoms with van der Waals surface area (Å²) < 4.78 is 5.99. The first-order chi connectivity index (χ1) is 11.6. The molecule has 3 rings (SSSR count). The van der Waals surface area contributed by atoms with Gasteiger partial charge in [0, 0.05) is 17.8 Å². The van der Waals surface area contributed by atoms with Gasteiger partial charge in [-0.3, -0.25) is 9.20 Å². The predicted molar refractivity (Wildman–Crippen MR) is 91.6 cm³/mol. The molecule has 0 atom stereocenters. The third-order valence-corrected chi connectivity index (χ3v) is 3.77. The molecule has 3 aromatic rings. The van der Waals surface area contributed by atoms with Gasteiger partial charge in [0.15, 0.2) is 0 Å². The molecule has 122 valence electrons. The number of nitrogens with zero attached hydrogens (tertiary/aromatic N) is 2. The zero-order chi connectivity index (χ0) is 17.1. The predicted octanol–water partition coefficient (Wildman–Crippen LogP) is 2.75. The fraction of sp³-hybridized carbons (Fsp3) is 0.118. The first-order valence-electron chi connectivity index (χ1n) is 7.16. The summed E-state index contributed by atoms with van der Waals surface area (Å²) in [6.45, 7) is 0.455. The van der Waals surface area contributed by atoms with Gasteiger partial charge in [0.2, 0.25) is 0 Å². The number of carbonyl (C=O) groups is 1. The molecule has 0 radical (unpaired) electrons. The summed E-state index contributed by atoms with van der Waals surface area (Å²) in [5.74, 6) is -0.511. The molecule has 1 aromatic carbocycles. The number of hydrogen-bond acceptors (Lipinski definition) is 5. The van der Waals surface area contributed by atoms with E-state index in [2.05, 4.69) is 15.0 Å². The average Bonchev–Trinajstić information content (AvgIpc) is 2.61. The maximum Gasteiger partial charge on any atom is 0.339 e. The van der Waals surface area contributed by atoms with E-state index in [0.29, 0.717) is 22.9 Å². The number of nitrogens with one attached hydrogen (secondary N) is 1. The Kier molecular flexibility index (Phi) is 4.48. The summed E-state index contributed by atoms with van der Waals surface area (Å²) >= 11 is 5.85. The third kappa shape index (κ3) is 3.23. The van der Waals surface area contributed by atoms with Crippen molar-refractivity contribution in [3.8, 4) is 0 Å². The number of fused-ring (bicyclic) bond motifs is 1. The number of benzene rings is 1. The van der Waals surface area contributed by atoms with Gasteiger partial charge in [-0.25, -0.2) is 9.78 Å². The minimum Gasteiger partial charge on any atom is -0.465 e. The van der Waals surface area contributed by atoms with E-state index in [1.165, 1.54) is 23.9 Å². The smallest absolute Gasteiger partial charge is 0.339 e. The van der Waals surface area contributed by atoms with Crippen LogP contribution in [-0.4, -0.2) is 22.5 Å². The van der Waals surface area contributed by atoms with Crippen LogP contribution in [0.3, 0.4) is 0 Å². The molecule has 1 N–H and O–H groups in total. The van der Waals surface area contributed by atoms with Crippen molar-refractivity contribution in [1.82, 2.24) is 9.38 Å². The molecule has 0 saturated heterocycles. The van der Waals surface area contributed by atoms with E-state index in [-0.39, 0.29) is 11.1 Å². The molecule has 2 aromatic heterocycles. The second-order valence-electron chi connectivity index (χ2n) is 5.09. The van der Waals surface area contributed by atoms with Crippen molar-refractivity contribution < 1.29 is 9.53 Å². The fourth-order valence-corrected chi connectivity index (χ4v) is 2.36. The summed E-state index contributed by atoms with van der Waals surface area (Å²) in [5, 5.41) is 3.70. The van der Waals surface area contributed by atoms with Gasteiger partial charge in [0.05, 0.1) is 18.9 Å². The SMILES string of the molecule is COC(=O)c1ccc2ncc(NCc3ccc(Cl)cc3)c(=O)n2c1. The van der Waals surface area contributed by atoms with Gasteiger partial charge in [-0.2, -0.15) is 0 Å². The quantitative estimate of drug-likeness (QED) is 0.737. The lowest BCUT2D eigenvalue weighted by Gasteiger charge is -2.08. The zero-order valence-corrected chi connectivity index (χ0v) is 13.6. The number of rotatable bonds is 4. The number of carbonyl (C=O) groups excluding carboxylic acids is 1. The molecule has 0 aliphatic carbocycles. The van der Waals surface area contributed by atoms with Crippen LogP contribution in [0, 0.1) is 0 Å². The average molecular weight is 344 g/mol. The number of hydrogen-bond donors (Lipinski definition) is 1. The largest absolute Gasteiger partial charge is 0.465 e. The van der Waals surface area contributed by atoms with Crippen LogP contribution in [-0.2, 0) is 11.3 Å². The van der Waals surface area contributed by atoms with Crippen molar-refractivity contribution in [1.29, 1.82) is 0 Å². The minimum absolute atomic E-state index is 0.281. The van der Waals surface area contributed by atoms with Crippen LogP contribution in [0.15, 0.2) is 53.6 Å². The molecule has 0 amide bonds. The molecule has 2 heterocycles. The van der Waals surface area contributed by atoms with Crippen molar-refractivity contribution in [2.75, 3.05) is 12.4 Å². The number of esters is 1. The number of anilines is 1. The lowest BCUT2D eigenvalue weighted by Crippen LogP contribution is -2.20. The van der Waals surface area contributed by atoms with E-state index >= 15 is 0 Å². The summed E-state index contributed by atoms with van der Waals surface area (Å²) in [4.78, 5) is 28.4. The van der Waals surface area contributed by atoms with E-state index in [1.54, 1.807) is 24.3 Å². The molecule has 0 unspecified atom stereocenters. The van der Waals surface area contributed by atoms with Crippen molar-refractivity contribution in [2.45, 2.75) is 6.54 Å². The van der Waals surface area contributed by atoms with Crippen LogP contribution in [0.2, 0.25) is 5.02 Å². The minimum atomic E-state index is -0.511. The Labute approximate surface area is 142 Å². The van der Waals surface area contributed by atoms with Gasteiger partial charge in [0.25, 0.3) is 5.56 Å². The normalized spacial score (nSPS) is 10.6. The first kappa shape index (κ1) is 16.0. The molecule has 24 heavy (non-hydrogen) atoms. The van der Waals surface area contributed by atoms with Gasteiger partial charge in [-0.05, 0) is 29.8 Å². The van der Waals surface area contributed by atoms with Crippen molar-refractivity contribution in [3.05, 3.63) is 75.3 Å². The summed E-state index contributed by atoms with van der Waals surface area (Å²) in [6, 6.07) is 10.5. The van der Waals surface area contributed by atoms with E-state index in [9.17, 15) is 9.59 Å². The van der Waals surface area contributed by atoms with Gasteiger partial charge in [0.1, 0.15) is 11.3 Å². The molecule has 0 fully saturated rings. The number of pyridine rings is 1. The van der Waals surface area contributed by atoms with Gasteiger partial charge in [-0.1, -0.05) is 23.7 Å². The van der Waals surface area contributed by atoms with Crippen molar-refractivity contribution >= 4 is 28.9 Å². The molecule has 7 heteroatoms. The number of halogens is 1. The van der Waals surface area contributed by atoms with E-state index < -0.39 is 5.97 Å². The number of ether oxygens (including phenoxy) is 1. The Bertz CT molecular complexity index is 951. The van der Waals surface area contributed by atoms with Crippen LogP contribution >= 0.6 is 11.6 Å². The highest BCUT2D eigenvalue weighted by molar-refractivity contribution is 6.30. The Morgan fingerprint density at radius 1 is 1.25 bits per heavy atom. The molecule has 6 nitrogen and oxygen atoms in total. The fourth-order valence-electron chi connectivity index (χ4n) is 2.24. The molecule has 0 aliphatic rings. The lowest BCUT2D eigenvalue weighted by atomic mass is 10.2. The summed E-state index contributed by atoms with van der Waals surface area (Å²) in [6.07, 6.45) is 2.90. The lowest BCUT2D eigenvalue weighted by molar-refractivity contribution is 0.0600. The Morgan fingerprint density at radius 2 is 2.00 bits per heavy atom. The highest BCUT2D eigenvalue weighted by Gasteiger charge is 2.09. The third-order valence-electron chi connectivity index (χ3n) is 3.52. The van der Waals surface area contributed by atoms with Crippen LogP contribution in [0.5, 0.6) is 0 Å². The van der Waals surface area contributed by atoms with Crippen molar-refractivity contribution in [2.24, 2.45) is 0 Å². The topological polar surface area (TPSA) is 72.7 Å². The number of aromatic nitrogens is 2. The highest BCUT2D eigenvalue weighted by Crippen LogP contribution is 2.11. The van der Waals surface area contributed by atoms with Crippen LogP contribution in [0.1, 0.15) is 15.9 Å². The summed E-state index contributed by atoms with van der Waals surface area (Å²) in [5.41, 5.74) is 1.75. The van der Waals surface area contributed by atoms with Crippen LogP contribution in [0.4, 0.5) is 5.69 Å². The Morgan fingerprint density at radius 3 is 2.71 bits per heavy atom. The van der Waals surface area contributed by atoms with E-state index in [4.69, 9.17) is 11.6 Å². The molecular formula is C17H14ClN3O3. The van der Waals surface area contributed by atoms with Gasteiger partial charge in [-0.15, -0.1) is 0 Å². The van der Waals surface area contributed by atoms with Crippen LogP contribution < -0.4 is 10.9 Å². The zero-order valence-electron chi connectivity index (χ0n) is 12.8. The summed E-state index contributed by atoms with van der Waals surface area (Å²) in [7, 11) is 1.29. The van der Waals surface area contributed by atoms with Gasteiger partial charge >= 0.3 is 5.97 Å². The molecule has 0 saturated carbocycles. The number of methoxy groups -OCH3 is 1.